The van der Waals surface area contributed by atoms with Crippen molar-refractivity contribution < 1.29 is 42.7 Å². The molecular weight excluding hydrogens is 561 g/mol. The maximum Gasteiger partial charge on any atom is 0.472 e. The number of nitrogens with two attached hydrogens (primary N) is 1. The van der Waals surface area contributed by atoms with E-state index >= 15 is 0 Å². The van der Waals surface area contributed by atoms with E-state index < -0.39 is 45.1 Å². The number of aliphatic carboxylic acids is 1. The first-order chi connectivity index (χ1) is 20.2. The molecule has 42 heavy (non-hydrogen) atoms. The zero-order valence-electron chi connectivity index (χ0n) is 26.3. The van der Waals surface area contributed by atoms with Crippen LogP contribution in [-0.4, -0.2) is 60.5 Å². The summed E-state index contributed by atoms with van der Waals surface area (Å²) in [5.41, 5.74) is 5.31. The molecule has 0 aliphatic heterocycles. The van der Waals surface area contributed by atoms with Gasteiger partial charge in [0.15, 0.2) is 0 Å². The fourth-order valence-corrected chi connectivity index (χ4v) is 4.95. The van der Waals surface area contributed by atoms with E-state index in [0.717, 1.165) is 57.8 Å². The lowest BCUT2D eigenvalue weighted by atomic mass is 10.1. The molecule has 10 nitrogen and oxygen atoms in total. The Morgan fingerprint density at radius 3 is 1.88 bits per heavy atom. The van der Waals surface area contributed by atoms with Crippen molar-refractivity contribution in [3.05, 3.63) is 12.2 Å². The zero-order chi connectivity index (χ0) is 31.3. The lowest BCUT2D eigenvalue weighted by molar-refractivity contribution is -0.154. The third-order valence-electron chi connectivity index (χ3n) is 6.79. The SMILES string of the molecule is CCCC/C=C\CCCCCCCC(=O)OC(COCCCCCCCCCCC)COP(=O)(O)OCC(N)C(=O)O. The summed E-state index contributed by atoms with van der Waals surface area (Å²) in [7, 11) is -4.59. The molecule has 0 aromatic carbocycles. The minimum absolute atomic E-state index is 0.0170. The van der Waals surface area contributed by atoms with Crippen molar-refractivity contribution in [2.24, 2.45) is 5.73 Å². The van der Waals surface area contributed by atoms with Crippen LogP contribution in [-0.2, 0) is 32.7 Å². The molecule has 0 saturated heterocycles. The molecule has 0 saturated carbocycles. The predicted molar refractivity (Wildman–Crippen MR) is 166 cm³/mol. The second-order valence-electron chi connectivity index (χ2n) is 10.9. The molecule has 0 aliphatic carbocycles. The number of carboxylic acid groups (broad SMARTS) is 1. The smallest absolute Gasteiger partial charge is 0.472 e. The van der Waals surface area contributed by atoms with Gasteiger partial charge in [-0.15, -0.1) is 0 Å². The van der Waals surface area contributed by atoms with Gasteiger partial charge in [0, 0.05) is 13.0 Å². The predicted octanol–water partition coefficient (Wildman–Crippen LogP) is 7.47. The highest BCUT2D eigenvalue weighted by molar-refractivity contribution is 7.47. The van der Waals surface area contributed by atoms with Gasteiger partial charge in [-0.05, 0) is 32.1 Å². The number of ether oxygens (including phenoxy) is 2. The van der Waals surface area contributed by atoms with Crippen LogP contribution in [0.4, 0.5) is 0 Å². The molecule has 3 atom stereocenters. The van der Waals surface area contributed by atoms with Gasteiger partial charge in [0.05, 0.1) is 19.8 Å². The number of phosphoric acid groups is 1. The maximum atomic E-state index is 12.4. The van der Waals surface area contributed by atoms with Gasteiger partial charge < -0.3 is 25.2 Å². The first-order valence-corrected chi connectivity index (χ1v) is 17.7. The van der Waals surface area contributed by atoms with Crippen molar-refractivity contribution in [3.63, 3.8) is 0 Å². The summed E-state index contributed by atoms with van der Waals surface area (Å²) in [6.45, 7) is 3.78. The van der Waals surface area contributed by atoms with Crippen molar-refractivity contribution in [1.82, 2.24) is 0 Å². The summed E-state index contributed by atoms with van der Waals surface area (Å²) in [5.74, 6) is -1.79. The molecule has 0 bridgehead atoms. The first kappa shape index (κ1) is 40.7. The highest BCUT2D eigenvalue weighted by Crippen LogP contribution is 2.43. The van der Waals surface area contributed by atoms with E-state index in [4.69, 9.17) is 24.8 Å². The fourth-order valence-electron chi connectivity index (χ4n) is 4.17. The largest absolute Gasteiger partial charge is 0.480 e. The van der Waals surface area contributed by atoms with E-state index in [-0.39, 0.29) is 13.0 Å². The summed E-state index contributed by atoms with van der Waals surface area (Å²) >= 11 is 0. The van der Waals surface area contributed by atoms with Crippen molar-refractivity contribution in [1.29, 1.82) is 0 Å². The standard InChI is InChI=1S/C31H60NO9P/c1-3-5-7-9-11-13-14-15-17-19-21-23-30(33)41-28(26-39-42(36,37)40-27-29(32)31(34)35)25-38-24-22-20-18-16-12-10-8-6-4-2/h9,11,28-29H,3-8,10,12-27,32H2,1-2H3,(H,34,35)(H,36,37)/b11-9-. The van der Waals surface area contributed by atoms with Gasteiger partial charge in [-0.25, -0.2) is 4.57 Å². The Balaban J connectivity index is 4.40. The molecule has 3 unspecified atom stereocenters. The van der Waals surface area contributed by atoms with Crippen molar-refractivity contribution in [2.45, 2.75) is 148 Å². The molecular formula is C31H60NO9P. The summed E-state index contributed by atoms with van der Waals surface area (Å²) in [4.78, 5) is 33.1. The minimum Gasteiger partial charge on any atom is -0.480 e. The molecule has 248 valence electrons. The van der Waals surface area contributed by atoms with Crippen LogP contribution in [0.3, 0.4) is 0 Å². The van der Waals surface area contributed by atoms with E-state index in [1.54, 1.807) is 0 Å². The van der Waals surface area contributed by atoms with Crippen LogP contribution in [0.5, 0.6) is 0 Å². The molecule has 0 heterocycles. The molecule has 0 aliphatic rings. The summed E-state index contributed by atoms with van der Waals surface area (Å²) in [6, 6.07) is -1.47. The number of carbonyl (C=O) groups excluding carboxylic acids is 1. The molecule has 0 amide bonds. The highest BCUT2D eigenvalue weighted by atomic mass is 31.2. The van der Waals surface area contributed by atoms with Gasteiger partial charge in [-0.2, -0.15) is 0 Å². The monoisotopic (exact) mass is 621 g/mol. The maximum absolute atomic E-state index is 12.4. The number of carboxylic acids is 1. The number of hydrogen-bond acceptors (Lipinski definition) is 8. The van der Waals surface area contributed by atoms with E-state index in [1.807, 2.05) is 0 Å². The quantitative estimate of drug-likeness (QED) is 0.0307. The number of hydrogen-bond donors (Lipinski definition) is 3. The van der Waals surface area contributed by atoms with Crippen LogP contribution in [0.25, 0.3) is 0 Å². The van der Waals surface area contributed by atoms with Crippen LogP contribution in [0.1, 0.15) is 136 Å². The zero-order valence-corrected chi connectivity index (χ0v) is 27.2. The number of unbranched alkanes of at least 4 members (excludes halogenated alkanes) is 15. The van der Waals surface area contributed by atoms with Gasteiger partial charge in [0.2, 0.25) is 0 Å². The Labute approximate surface area is 254 Å². The van der Waals surface area contributed by atoms with Crippen molar-refractivity contribution >= 4 is 19.8 Å². The average Bonchev–Trinajstić information content (AvgIpc) is 2.96. The number of rotatable bonds is 31. The number of allylic oxidation sites excluding steroid dienone is 2. The third-order valence-corrected chi connectivity index (χ3v) is 7.75. The molecule has 0 aromatic rings. The topological polar surface area (TPSA) is 155 Å². The number of esters is 1. The number of carbonyl (C=O) groups is 2. The highest BCUT2D eigenvalue weighted by Gasteiger charge is 2.27. The van der Waals surface area contributed by atoms with Gasteiger partial charge >= 0.3 is 19.8 Å². The molecule has 4 N–H and O–H groups in total. The average molecular weight is 622 g/mol. The van der Waals surface area contributed by atoms with E-state index in [2.05, 4.69) is 30.5 Å². The van der Waals surface area contributed by atoms with Gasteiger partial charge in [-0.1, -0.05) is 109 Å². The van der Waals surface area contributed by atoms with Gasteiger partial charge in [0.1, 0.15) is 12.1 Å². The van der Waals surface area contributed by atoms with E-state index in [0.29, 0.717) is 13.0 Å². The second-order valence-corrected chi connectivity index (χ2v) is 12.4. The van der Waals surface area contributed by atoms with Crippen LogP contribution in [0.2, 0.25) is 0 Å². The van der Waals surface area contributed by atoms with Crippen LogP contribution < -0.4 is 5.73 Å². The fraction of sp³-hybridized carbons (Fsp3) is 0.871. The first-order valence-electron chi connectivity index (χ1n) is 16.2. The normalized spacial score (nSPS) is 14.6. The summed E-state index contributed by atoms with van der Waals surface area (Å²) < 4.78 is 33.0. The molecule has 11 heteroatoms. The Morgan fingerprint density at radius 1 is 0.738 bits per heavy atom. The Kier molecular flexibility index (Phi) is 27.6. The molecule has 0 rings (SSSR count). The molecule has 0 aromatic heterocycles. The van der Waals surface area contributed by atoms with Crippen LogP contribution in [0.15, 0.2) is 12.2 Å². The lowest BCUT2D eigenvalue weighted by Crippen LogP contribution is -2.34. The third kappa shape index (κ3) is 27.5. The minimum atomic E-state index is -4.59. The summed E-state index contributed by atoms with van der Waals surface area (Å²) in [6.07, 6.45) is 24.2. The van der Waals surface area contributed by atoms with E-state index in [9.17, 15) is 19.0 Å². The van der Waals surface area contributed by atoms with Crippen LogP contribution >= 0.6 is 7.82 Å². The number of phosphoric ester groups is 1. The molecule has 0 radical (unpaired) electrons. The lowest BCUT2D eigenvalue weighted by Gasteiger charge is -2.20. The van der Waals surface area contributed by atoms with Crippen molar-refractivity contribution in [3.8, 4) is 0 Å². The van der Waals surface area contributed by atoms with Crippen molar-refractivity contribution in [2.75, 3.05) is 26.4 Å². The van der Waals surface area contributed by atoms with Gasteiger partial charge in [0.25, 0.3) is 0 Å². The Bertz CT molecular complexity index is 735. The Hall–Kier alpha value is -1.29. The molecule has 0 fully saturated rings. The summed E-state index contributed by atoms with van der Waals surface area (Å²) in [5, 5.41) is 8.81. The second kappa shape index (κ2) is 28.5. The van der Waals surface area contributed by atoms with Crippen LogP contribution in [0, 0.1) is 0 Å². The molecule has 0 spiro atoms. The van der Waals surface area contributed by atoms with E-state index in [1.165, 1.54) is 51.4 Å². The van der Waals surface area contributed by atoms with Gasteiger partial charge in [-0.3, -0.25) is 18.6 Å². The Morgan fingerprint density at radius 2 is 1.26 bits per heavy atom.